The lowest BCUT2D eigenvalue weighted by Crippen LogP contribution is -2.31. The Labute approximate surface area is 420 Å². The van der Waals surface area contributed by atoms with E-state index >= 15 is 0 Å². The molecule has 7 nitrogen and oxygen atoms in total. The average Bonchev–Trinajstić information content (AvgIpc) is 3.97. The summed E-state index contributed by atoms with van der Waals surface area (Å²) in [6, 6.07) is 73.1. The molecule has 7 heteroatoms. The van der Waals surface area contributed by atoms with Crippen molar-refractivity contribution in [2.45, 2.75) is 52.4 Å². The normalized spacial score (nSPS) is 12.0. The number of pyridine rings is 1. The minimum Gasteiger partial charge on any atom is -0.294 e. The molecule has 0 aliphatic rings. The molecule has 0 unspecified atom stereocenters. The number of hydrogen-bond acceptors (Lipinski definition) is 4. The van der Waals surface area contributed by atoms with E-state index in [9.17, 15) is 0 Å². The van der Waals surface area contributed by atoms with Gasteiger partial charge in [-0.15, -0.1) is 0 Å². The molecule has 0 saturated heterocycles. The molecule has 0 aliphatic carbocycles. The Balaban J connectivity index is 1.04. The maximum atomic E-state index is 5.32. The first-order valence-corrected chi connectivity index (χ1v) is 24.7. The number of nitrogens with zero attached hydrogens (tertiary/aromatic N) is 7. The molecule has 0 bridgehead atoms. The minimum absolute atomic E-state index is 0.0419. The van der Waals surface area contributed by atoms with Gasteiger partial charge in [0.05, 0.1) is 11.0 Å². The number of hydrogen-bond donors (Lipinski definition) is 0. The average molecular weight is 933 g/mol. The predicted octanol–water partition coefficient (Wildman–Crippen LogP) is 15.5. The number of benzene rings is 8. The molecule has 12 rings (SSSR count). The summed E-state index contributed by atoms with van der Waals surface area (Å²) in [5.41, 5.74) is 16.1. The number of para-hydroxylation sites is 3. The van der Waals surface area contributed by atoms with Crippen molar-refractivity contribution in [3.63, 3.8) is 0 Å². The first-order valence-electron chi connectivity index (χ1n) is 24.7. The van der Waals surface area contributed by atoms with Gasteiger partial charge in [-0.1, -0.05) is 187 Å². The fraction of sp³-hybridized carbons (Fsp3) is 0.123. The molecule has 348 valence electrons. The molecule has 12 aromatic rings. The molecule has 0 fully saturated rings. The Morgan fingerprint density at radius 1 is 0.403 bits per heavy atom. The van der Waals surface area contributed by atoms with Gasteiger partial charge in [0.15, 0.2) is 28.5 Å². The Bertz CT molecular complexity index is 3930. The lowest BCUT2D eigenvalue weighted by molar-refractivity contribution is -0.566. The molecule has 4 aromatic heterocycles. The van der Waals surface area contributed by atoms with Crippen LogP contribution in [0.15, 0.2) is 219 Å². The molecular formula is C65H54N7+. The zero-order valence-corrected chi connectivity index (χ0v) is 41.4. The Kier molecular flexibility index (Phi) is 10.8. The van der Waals surface area contributed by atoms with Crippen molar-refractivity contribution in [1.82, 2.24) is 29.1 Å². The van der Waals surface area contributed by atoms with Gasteiger partial charge in [-0.2, -0.15) is 9.13 Å². The zero-order chi connectivity index (χ0) is 49.1. The number of rotatable bonds is 8. The summed E-state index contributed by atoms with van der Waals surface area (Å²) in [6.45, 7) is 13.6. The molecular weight excluding hydrogens is 879 g/mol. The summed E-state index contributed by atoms with van der Waals surface area (Å²) in [5, 5.41) is 2.30. The third-order valence-electron chi connectivity index (χ3n) is 13.8. The van der Waals surface area contributed by atoms with E-state index in [2.05, 4.69) is 250 Å². The van der Waals surface area contributed by atoms with Gasteiger partial charge in [-0.05, 0) is 93.7 Å². The van der Waals surface area contributed by atoms with Crippen LogP contribution in [0.3, 0.4) is 0 Å². The lowest BCUT2D eigenvalue weighted by atomic mass is 9.82. The Hall–Kier alpha value is -8.81. The topological polar surface area (TPSA) is 65.3 Å². The SMILES string of the molecule is CC(C)(C)c1ccnc(-n2c3ccccc3c3ccc(-c4nc(-c5ccccc5)nc(-c5cccc(-n6c[n+](-c7c(-c8ccccc8)cc(C(C)(C)C)cc7-c7ccccc7)c7ccccc76)c5)n4)cc32)c1. The van der Waals surface area contributed by atoms with Crippen LogP contribution in [0, 0.1) is 0 Å². The summed E-state index contributed by atoms with van der Waals surface area (Å²) in [5.74, 6) is 2.65. The molecule has 0 atom stereocenters. The standard InChI is InChI=1S/C65H54N7/c1-64(2,3)48-35-36-66-59(41-48)72-55-30-17-16-29-51(55)52-34-33-47(38-58(52)72)63-68-61(45-25-14-9-15-26-45)67-62(69-63)46-27-20-28-50(37-46)70-42-71(57-32-19-18-31-56(57)70)60-53(43-21-10-7-11-22-43)39-49(65(4,5)6)40-54(60)44-23-12-8-13-24-44/h7-42H,1-6H3/q+1. The largest absolute Gasteiger partial charge is 0.294 e. The summed E-state index contributed by atoms with van der Waals surface area (Å²) in [7, 11) is 0. The fourth-order valence-electron chi connectivity index (χ4n) is 10.0. The molecule has 0 amide bonds. The van der Waals surface area contributed by atoms with E-state index in [0.717, 1.165) is 77.8 Å². The third kappa shape index (κ3) is 8.03. The van der Waals surface area contributed by atoms with Crippen molar-refractivity contribution < 1.29 is 4.57 Å². The van der Waals surface area contributed by atoms with Crippen LogP contribution in [0.2, 0.25) is 0 Å². The van der Waals surface area contributed by atoms with Gasteiger partial charge >= 0.3 is 0 Å². The van der Waals surface area contributed by atoms with Gasteiger partial charge in [-0.3, -0.25) is 4.57 Å². The fourth-order valence-corrected chi connectivity index (χ4v) is 10.0. The molecule has 0 N–H and O–H groups in total. The van der Waals surface area contributed by atoms with Crippen molar-refractivity contribution in [3.8, 4) is 73.6 Å². The molecule has 4 heterocycles. The van der Waals surface area contributed by atoms with Crippen LogP contribution in [0.5, 0.6) is 0 Å². The van der Waals surface area contributed by atoms with E-state index in [1.807, 2.05) is 24.4 Å². The van der Waals surface area contributed by atoms with Crippen molar-refractivity contribution in [1.29, 1.82) is 0 Å². The van der Waals surface area contributed by atoms with Gasteiger partial charge < -0.3 is 0 Å². The lowest BCUT2D eigenvalue weighted by Gasteiger charge is -2.23. The summed E-state index contributed by atoms with van der Waals surface area (Å²) >= 11 is 0. The van der Waals surface area contributed by atoms with Crippen LogP contribution in [-0.2, 0) is 10.8 Å². The van der Waals surface area contributed by atoms with Gasteiger partial charge in [0, 0.05) is 44.8 Å². The van der Waals surface area contributed by atoms with Crippen molar-refractivity contribution in [2.24, 2.45) is 0 Å². The summed E-state index contributed by atoms with van der Waals surface area (Å²) < 4.78 is 6.93. The highest BCUT2D eigenvalue weighted by atomic mass is 15.1. The molecule has 72 heavy (non-hydrogen) atoms. The minimum atomic E-state index is -0.0805. The van der Waals surface area contributed by atoms with E-state index in [0.29, 0.717) is 17.5 Å². The molecule has 0 saturated carbocycles. The molecule has 0 radical (unpaired) electrons. The Morgan fingerprint density at radius 3 is 1.57 bits per heavy atom. The molecule has 0 spiro atoms. The second-order valence-corrected chi connectivity index (χ2v) is 20.7. The second-order valence-electron chi connectivity index (χ2n) is 20.7. The van der Waals surface area contributed by atoms with Crippen LogP contribution in [0.1, 0.15) is 52.7 Å². The highest BCUT2D eigenvalue weighted by molar-refractivity contribution is 6.10. The predicted molar refractivity (Wildman–Crippen MR) is 295 cm³/mol. The maximum absolute atomic E-state index is 5.32. The van der Waals surface area contributed by atoms with Crippen LogP contribution in [0.4, 0.5) is 0 Å². The summed E-state index contributed by atoms with van der Waals surface area (Å²) in [6.07, 6.45) is 4.16. The van der Waals surface area contributed by atoms with Gasteiger partial charge in [0.25, 0.3) is 6.33 Å². The molecule has 0 aliphatic heterocycles. The van der Waals surface area contributed by atoms with Crippen LogP contribution >= 0.6 is 0 Å². The van der Waals surface area contributed by atoms with Crippen molar-refractivity contribution >= 4 is 32.8 Å². The van der Waals surface area contributed by atoms with Gasteiger partial charge in [0.1, 0.15) is 17.2 Å². The van der Waals surface area contributed by atoms with E-state index in [1.165, 1.54) is 22.3 Å². The quantitative estimate of drug-likeness (QED) is 0.142. The van der Waals surface area contributed by atoms with Crippen LogP contribution < -0.4 is 4.57 Å². The van der Waals surface area contributed by atoms with Gasteiger partial charge in [-0.25, -0.2) is 19.9 Å². The Morgan fingerprint density at radius 2 is 0.931 bits per heavy atom. The smallest absolute Gasteiger partial charge is 0.255 e. The highest BCUT2D eigenvalue weighted by Gasteiger charge is 2.28. The zero-order valence-electron chi connectivity index (χ0n) is 41.4. The van der Waals surface area contributed by atoms with E-state index < -0.39 is 0 Å². The third-order valence-corrected chi connectivity index (χ3v) is 13.8. The van der Waals surface area contributed by atoms with Gasteiger partial charge in [0.2, 0.25) is 0 Å². The van der Waals surface area contributed by atoms with Crippen molar-refractivity contribution in [2.75, 3.05) is 0 Å². The second kappa shape index (κ2) is 17.5. The number of imidazole rings is 1. The van der Waals surface area contributed by atoms with Crippen LogP contribution in [0.25, 0.3) is 106 Å². The monoisotopic (exact) mass is 932 g/mol. The van der Waals surface area contributed by atoms with E-state index in [4.69, 9.17) is 19.9 Å². The number of fused-ring (bicyclic) bond motifs is 4. The summed E-state index contributed by atoms with van der Waals surface area (Å²) in [4.78, 5) is 20.7. The molecule has 8 aromatic carbocycles. The van der Waals surface area contributed by atoms with Crippen LogP contribution in [-0.4, -0.2) is 29.1 Å². The highest BCUT2D eigenvalue weighted by Crippen LogP contribution is 2.40. The van der Waals surface area contributed by atoms with E-state index in [1.54, 1.807) is 0 Å². The maximum Gasteiger partial charge on any atom is 0.255 e. The van der Waals surface area contributed by atoms with E-state index in [-0.39, 0.29) is 10.8 Å². The first-order chi connectivity index (χ1) is 35.0. The number of aromatic nitrogens is 7. The first kappa shape index (κ1) is 44.4. The van der Waals surface area contributed by atoms with Crippen molar-refractivity contribution in [3.05, 3.63) is 230 Å².